The van der Waals surface area contributed by atoms with Crippen molar-refractivity contribution in [3.8, 4) is 16.9 Å². The fraction of sp³-hybridized carbons (Fsp3) is 0.429. The van der Waals surface area contributed by atoms with Gasteiger partial charge in [0.05, 0.1) is 16.9 Å². The van der Waals surface area contributed by atoms with Crippen molar-refractivity contribution in [2.75, 3.05) is 5.75 Å². The number of hydrogen-bond acceptors (Lipinski definition) is 3. The van der Waals surface area contributed by atoms with E-state index < -0.39 is 0 Å². The summed E-state index contributed by atoms with van der Waals surface area (Å²) < 4.78 is 1.91. The first kappa shape index (κ1) is 21.5. The van der Waals surface area contributed by atoms with Crippen LogP contribution < -0.4 is 5.56 Å². The van der Waals surface area contributed by atoms with Gasteiger partial charge in [0, 0.05) is 16.7 Å². The van der Waals surface area contributed by atoms with Gasteiger partial charge in [-0.1, -0.05) is 86.3 Å². The van der Waals surface area contributed by atoms with E-state index in [0.717, 1.165) is 65.5 Å². The SMILES string of the molecule is CCCCSc1nc2c(c(=O)n1-c1ccc(C)cc1)C1(CCCCC1)Cc1ccccc1-2. The molecule has 3 aromatic rings. The zero-order chi connectivity index (χ0) is 22.1. The van der Waals surface area contributed by atoms with Crippen LogP contribution in [0.15, 0.2) is 58.5 Å². The molecule has 2 aliphatic rings. The summed E-state index contributed by atoms with van der Waals surface area (Å²) in [4.78, 5) is 19.6. The molecule has 3 nitrogen and oxygen atoms in total. The van der Waals surface area contributed by atoms with Gasteiger partial charge in [-0.2, -0.15) is 0 Å². The number of aromatic nitrogens is 2. The molecule has 2 aromatic carbocycles. The smallest absolute Gasteiger partial charge is 0.263 e. The van der Waals surface area contributed by atoms with Gasteiger partial charge in [0.15, 0.2) is 5.16 Å². The number of nitrogens with zero attached hydrogens (tertiary/aromatic N) is 2. The summed E-state index contributed by atoms with van der Waals surface area (Å²) in [5.41, 5.74) is 6.62. The van der Waals surface area contributed by atoms with Crippen molar-refractivity contribution in [3.05, 3.63) is 75.6 Å². The minimum absolute atomic E-state index is 0.0783. The molecule has 0 bridgehead atoms. The Morgan fingerprint density at radius 3 is 2.53 bits per heavy atom. The van der Waals surface area contributed by atoms with Crippen LogP contribution in [0, 0.1) is 6.92 Å². The van der Waals surface area contributed by atoms with E-state index in [1.165, 1.54) is 30.4 Å². The summed E-state index contributed by atoms with van der Waals surface area (Å²) in [5, 5.41) is 0.828. The lowest BCUT2D eigenvalue weighted by atomic mass is 9.62. The second kappa shape index (κ2) is 8.90. The Hall–Kier alpha value is -2.33. The molecule has 0 unspecified atom stereocenters. The third-order valence-electron chi connectivity index (χ3n) is 7.22. The lowest BCUT2D eigenvalue weighted by Crippen LogP contribution is -2.42. The standard InChI is InChI=1S/C28H32N2OS/c1-3-4-18-32-27-29-25-23-11-7-6-10-21(23)19-28(16-8-5-9-17-28)24(25)26(31)30(27)22-14-12-20(2)13-15-22/h6-7,10-15H,3-5,8-9,16-19H2,1-2H3. The van der Waals surface area contributed by atoms with Gasteiger partial charge in [-0.3, -0.25) is 9.36 Å². The fourth-order valence-electron chi connectivity index (χ4n) is 5.51. The molecule has 0 N–H and O–H groups in total. The highest BCUT2D eigenvalue weighted by atomic mass is 32.2. The molecule has 0 radical (unpaired) electrons. The molecule has 0 amide bonds. The highest BCUT2D eigenvalue weighted by Crippen LogP contribution is 2.49. The quantitative estimate of drug-likeness (QED) is 0.245. The van der Waals surface area contributed by atoms with Crippen molar-refractivity contribution < 1.29 is 0 Å². The molecule has 5 rings (SSSR count). The third kappa shape index (κ3) is 3.73. The normalized spacial score (nSPS) is 16.6. The highest BCUT2D eigenvalue weighted by molar-refractivity contribution is 7.99. The van der Waals surface area contributed by atoms with Crippen molar-refractivity contribution in [2.45, 2.75) is 75.8 Å². The van der Waals surface area contributed by atoms with Crippen LogP contribution in [0.2, 0.25) is 0 Å². The van der Waals surface area contributed by atoms with Crippen LogP contribution in [-0.4, -0.2) is 15.3 Å². The second-order valence-electron chi connectivity index (χ2n) is 9.47. The van der Waals surface area contributed by atoms with Gasteiger partial charge in [-0.15, -0.1) is 0 Å². The molecule has 1 heterocycles. The van der Waals surface area contributed by atoms with E-state index in [1.807, 2.05) is 4.57 Å². The monoisotopic (exact) mass is 444 g/mol. The average molecular weight is 445 g/mol. The van der Waals surface area contributed by atoms with Crippen molar-refractivity contribution in [1.29, 1.82) is 0 Å². The average Bonchev–Trinajstić information content (AvgIpc) is 2.81. The van der Waals surface area contributed by atoms with E-state index in [1.54, 1.807) is 11.8 Å². The van der Waals surface area contributed by atoms with Gasteiger partial charge < -0.3 is 0 Å². The predicted octanol–water partition coefficient (Wildman–Crippen LogP) is 6.86. The van der Waals surface area contributed by atoms with Gasteiger partial charge in [-0.05, 0) is 50.3 Å². The van der Waals surface area contributed by atoms with Gasteiger partial charge >= 0.3 is 0 Å². The first-order chi connectivity index (χ1) is 15.6. The molecule has 4 heteroatoms. The Bertz CT molecular complexity index is 1170. The molecular formula is C28H32N2OS. The number of rotatable bonds is 5. The molecule has 1 fully saturated rings. The largest absolute Gasteiger partial charge is 0.268 e. The van der Waals surface area contributed by atoms with Crippen molar-refractivity contribution in [3.63, 3.8) is 0 Å². The molecule has 1 saturated carbocycles. The van der Waals surface area contributed by atoms with Crippen LogP contribution >= 0.6 is 11.8 Å². The Morgan fingerprint density at radius 2 is 1.78 bits per heavy atom. The van der Waals surface area contributed by atoms with Gasteiger partial charge in [0.1, 0.15) is 0 Å². The molecular weight excluding hydrogens is 412 g/mol. The maximum absolute atomic E-state index is 14.3. The van der Waals surface area contributed by atoms with Crippen LogP contribution in [0.1, 0.15) is 68.6 Å². The van der Waals surface area contributed by atoms with E-state index in [2.05, 4.69) is 62.4 Å². The van der Waals surface area contributed by atoms with Gasteiger partial charge in [0.25, 0.3) is 5.56 Å². The third-order valence-corrected chi connectivity index (χ3v) is 8.24. The number of aryl methyl sites for hydroxylation is 1. The maximum Gasteiger partial charge on any atom is 0.263 e. The Balaban J connectivity index is 1.78. The molecule has 1 aromatic heterocycles. The predicted molar refractivity (Wildman–Crippen MR) is 134 cm³/mol. The second-order valence-corrected chi connectivity index (χ2v) is 10.5. The topological polar surface area (TPSA) is 34.9 Å². The van der Waals surface area contributed by atoms with E-state index in [-0.39, 0.29) is 11.0 Å². The first-order valence-corrected chi connectivity index (χ1v) is 13.1. The van der Waals surface area contributed by atoms with Crippen molar-refractivity contribution >= 4 is 11.8 Å². The Labute approximate surface area is 195 Å². The minimum atomic E-state index is -0.0783. The van der Waals surface area contributed by atoms with Crippen molar-refractivity contribution in [2.24, 2.45) is 0 Å². The lowest BCUT2D eigenvalue weighted by molar-refractivity contribution is 0.283. The molecule has 0 atom stereocenters. The number of benzene rings is 2. The lowest BCUT2D eigenvalue weighted by Gasteiger charge is -2.42. The van der Waals surface area contributed by atoms with E-state index in [9.17, 15) is 4.79 Å². The zero-order valence-electron chi connectivity index (χ0n) is 19.2. The molecule has 0 aliphatic heterocycles. The summed E-state index contributed by atoms with van der Waals surface area (Å²) in [6.45, 7) is 4.29. The number of thioether (sulfide) groups is 1. The number of unbranched alkanes of at least 4 members (excludes halogenated alkanes) is 1. The molecule has 2 aliphatic carbocycles. The van der Waals surface area contributed by atoms with Crippen LogP contribution in [0.25, 0.3) is 16.9 Å². The summed E-state index contributed by atoms with van der Waals surface area (Å²) in [6, 6.07) is 16.9. The van der Waals surface area contributed by atoms with Crippen LogP contribution in [0.4, 0.5) is 0 Å². The maximum atomic E-state index is 14.3. The van der Waals surface area contributed by atoms with Crippen LogP contribution in [0.3, 0.4) is 0 Å². The highest BCUT2D eigenvalue weighted by Gasteiger charge is 2.43. The van der Waals surface area contributed by atoms with Gasteiger partial charge in [-0.25, -0.2) is 4.98 Å². The minimum Gasteiger partial charge on any atom is -0.268 e. The summed E-state index contributed by atoms with van der Waals surface area (Å²) >= 11 is 1.72. The van der Waals surface area contributed by atoms with Crippen LogP contribution in [-0.2, 0) is 11.8 Å². The van der Waals surface area contributed by atoms with Crippen molar-refractivity contribution in [1.82, 2.24) is 9.55 Å². The summed E-state index contributed by atoms with van der Waals surface area (Å²) in [5.74, 6) is 0.973. The summed E-state index contributed by atoms with van der Waals surface area (Å²) in [7, 11) is 0. The van der Waals surface area contributed by atoms with Crippen LogP contribution in [0.5, 0.6) is 0 Å². The Kier molecular flexibility index (Phi) is 5.98. The Morgan fingerprint density at radius 1 is 1.03 bits per heavy atom. The molecule has 0 saturated heterocycles. The van der Waals surface area contributed by atoms with Gasteiger partial charge in [0.2, 0.25) is 0 Å². The first-order valence-electron chi connectivity index (χ1n) is 12.1. The van der Waals surface area contributed by atoms with E-state index in [0.29, 0.717) is 0 Å². The molecule has 166 valence electrons. The number of hydrogen-bond donors (Lipinski definition) is 0. The zero-order valence-corrected chi connectivity index (χ0v) is 20.0. The van der Waals surface area contributed by atoms with E-state index >= 15 is 0 Å². The summed E-state index contributed by atoms with van der Waals surface area (Å²) in [6.07, 6.45) is 9.04. The fourth-order valence-corrected chi connectivity index (χ4v) is 6.60. The van der Waals surface area contributed by atoms with E-state index in [4.69, 9.17) is 4.98 Å². The molecule has 32 heavy (non-hydrogen) atoms. The number of fused-ring (bicyclic) bond motifs is 4. The molecule has 1 spiro atoms.